The second kappa shape index (κ2) is 7.75. The van der Waals surface area contributed by atoms with E-state index < -0.39 is 0 Å². The number of ether oxygens (including phenoxy) is 1. The molecule has 6 nitrogen and oxygen atoms in total. The minimum atomic E-state index is -0.0538. The van der Waals surface area contributed by atoms with Gasteiger partial charge in [-0.1, -0.05) is 6.92 Å². The molecule has 120 valence electrons. The van der Waals surface area contributed by atoms with Crippen LogP contribution in [0.15, 0.2) is 0 Å². The summed E-state index contributed by atoms with van der Waals surface area (Å²) in [5, 5.41) is 6.42. The Bertz CT molecular complexity index is 367. The molecule has 2 aliphatic heterocycles. The van der Waals surface area contributed by atoms with Crippen molar-refractivity contribution in [1.29, 1.82) is 0 Å². The molecule has 0 spiro atoms. The van der Waals surface area contributed by atoms with Gasteiger partial charge in [0, 0.05) is 26.2 Å². The van der Waals surface area contributed by atoms with Crippen molar-refractivity contribution < 1.29 is 14.3 Å². The first-order valence-electron chi connectivity index (χ1n) is 7.90. The second-order valence-electron chi connectivity index (χ2n) is 6.23. The smallest absolute Gasteiger partial charge is 0.248 e. The Labute approximate surface area is 126 Å². The molecule has 2 fully saturated rings. The molecule has 2 heterocycles. The van der Waals surface area contributed by atoms with Crippen LogP contribution in [0.3, 0.4) is 0 Å². The van der Waals surface area contributed by atoms with Gasteiger partial charge in [0.25, 0.3) is 0 Å². The van der Waals surface area contributed by atoms with Gasteiger partial charge in [-0.3, -0.25) is 9.59 Å². The zero-order valence-corrected chi connectivity index (χ0v) is 13.1. The molecule has 2 N–H and O–H groups in total. The van der Waals surface area contributed by atoms with Gasteiger partial charge in [0.1, 0.15) is 6.61 Å². The number of piperidine rings is 2. The molecule has 2 saturated heterocycles. The second-order valence-corrected chi connectivity index (χ2v) is 6.23. The van der Waals surface area contributed by atoms with Gasteiger partial charge in [-0.25, -0.2) is 0 Å². The standard InChI is InChI=1S/C15H27N3O3/c1-11-3-6-16-13(9-11)15(20)17-12-4-7-18(8-5-12)14(19)10-21-2/h11-13,16H,3-10H2,1-2H3,(H,17,20). The van der Waals surface area contributed by atoms with E-state index in [1.54, 1.807) is 0 Å². The predicted octanol–water partition coefficient (Wildman–Crippen LogP) is 0.128. The van der Waals surface area contributed by atoms with Gasteiger partial charge in [0.05, 0.1) is 6.04 Å². The minimum Gasteiger partial charge on any atom is -0.375 e. The molecular weight excluding hydrogens is 270 g/mol. The Kier molecular flexibility index (Phi) is 5.99. The van der Waals surface area contributed by atoms with E-state index in [-0.39, 0.29) is 30.5 Å². The first-order chi connectivity index (χ1) is 10.1. The van der Waals surface area contributed by atoms with Gasteiger partial charge in [-0.2, -0.15) is 0 Å². The van der Waals surface area contributed by atoms with Crippen molar-refractivity contribution in [2.45, 2.75) is 44.7 Å². The van der Waals surface area contributed by atoms with E-state index in [1.807, 2.05) is 4.90 Å². The van der Waals surface area contributed by atoms with Gasteiger partial charge in [-0.05, 0) is 38.1 Å². The van der Waals surface area contributed by atoms with Crippen molar-refractivity contribution >= 4 is 11.8 Å². The van der Waals surface area contributed by atoms with Crippen LogP contribution >= 0.6 is 0 Å². The highest BCUT2D eigenvalue weighted by atomic mass is 16.5. The maximum absolute atomic E-state index is 12.3. The maximum Gasteiger partial charge on any atom is 0.248 e. The average Bonchev–Trinajstić information content (AvgIpc) is 2.48. The van der Waals surface area contributed by atoms with Crippen LogP contribution in [-0.4, -0.2) is 62.1 Å². The third-order valence-corrected chi connectivity index (χ3v) is 4.44. The monoisotopic (exact) mass is 297 g/mol. The lowest BCUT2D eigenvalue weighted by Crippen LogP contribution is -2.53. The number of methoxy groups -OCH3 is 1. The average molecular weight is 297 g/mol. The normalized spacial score (nSPS) is 27.4. The van der Waals surface area contributed by atoms with E-state index in [9.17, 15) is 9.59 Å². The van der Waals surface area contributed by atoms with Crippen LogP contribution in [0.25, 0.3) is 0 Å². The number of rotatable bonds is 4. The van der Waals surface area contributed by atoms with Crippen LogP contribution in [0.1, 0.15) is 32.6 Å². The first-order valence-corrected chi connectivity index (χ1v) is 7.90. The molecule has 2 unspecified atom stereocenters. The fourth-order valence-electron chi connectivity index (χ4n) is 3.10. The number of hydrogen-bond donors (Lipinski definition) is 2. The molecule has 0 aromatic rings. The zero-order valence-electron chi connectivity index (χ0n) is 13.1. The van der Waals surface area contributed by atoms with Crippen LogP contribution in [0, 0.1) is 5.92 Å². The zero-order chi connectivity index (χ0) is 15.2. The number of carbonyl (C=O) groups is 2. The Balaban J connectivity index is 1.73. The molecule has 21 heavy (non-hydrogen) atoms. The van der Waals surface area contributed by atoms with Gasteiger partial charge in [0.15, 0.2) is 0 Å². The Morgan fingerprint density at radius 1 is 1.29 bits per heavy atom. The summed E-state index contributed by atoms with van der Waals surface area (Å²) in [5.74, 6) is 0.753. The molecule has 2 amide bonds. The molecule has 2 aliphatic rings. The van der Waals surface area contributed by atoms with Crippen molar-refractivity contribution in [3.05, 3.63) is 0 Å². The van der Waals surface area contributed by atoms with Gasteiger partial charge in [0.2, 0.25) is 11.8 Å². The Morgan fingerprint density at radius 2 is 2.00 bits per heavy atom. The lowest BCUT2D eigenvalue weighted by Gasteiger charge is -2.34. The number of hydrogen-bond acceptors (Lipinski definition) is 4. The van der Waals surface area contributed by atoms with E-state index in [1.165, 1.54) is 7.11 Å². The molecular formula is C15H27N3O3. The molecule has 0 radical (unpaired) electrons. The Morgan fingerprint density at radius 3 is 2.62 bits per heavy atom. The van der Waals surface area contributed by atoms with Crippen molar-refractivity contribution in [1.82, 2.24) is 15.5 Å². The topological polar surface area (TPSA) is 70.7 Å². The summed E-state index contributed by atoms with van der Waals surface area (Å²) in [7, 11) is 1.53. The van der Waals surface area contributed by atoms with Crippen LogP contribution in [0.4, 0.5) is 0 Å². The lowest BCUT2D eigenvalue weighted by molar-refractivity contribution is -0.136. The summed E-state index contributed by atoms with van der Waals surface area (Å²) < 4.78 is 4.87. The minimum absolute atomic E-state index is 0.0325. The van der Waals surface area contributed by atoms with Crippen LogP contribution < -0.4 is 10.6 Å². The van der Waals surface area contributed by atoms with Gasteiger partial charge in [-0.15, -0.1) is 0 Å². The third kappa shape index (κ3) is 4.68. The summed E-state index contributed by atoms with van der Waals surface area (Å²) in [5.41, 5.74) is 0. The summed E-state index contributed by atoms with van der Waals surface area (Å²) in [4.78, 5) is 25.8. The summed E-state index contributed by atoms with van der Waals surface area (Å²) in [6, 6.07) is 0.130. The highest BCUT2D eigenvalue weighted by Gasteiger charge is 2.28. The fraction of sp³-hybridized carbons (Fsp3) is 0.867. The molecule has 0 aromatic heterocycles. The first kappa shape index (κ1) is 16.2. The third-order valence-electron chi connectivity index (χ3n) is 4.44. The molecule has 2 atom stereocenters. The predicted molar refractivity (Wildman–Crippen MR) is 79.8 cm³/mol. The SMILES string of the molecule is COCC(=O)N1CCC(NC(=O)C2CC(C)CCN2)CC1. The van der Waals surface area contributed by atoms with Gasteiger partial charge < -0.3 is 20.3 Å². The molecule has 2 rings (SSSR count). The van der Waals surface area contributed by atoms with E-state index in [4.69, 9.17) is 4.74 Å². The number of amides is 2. The quantitative estimate of drug-likeness (QED) is 0.774. The van der Waals surface area contributed by atoms with E-state index >= 15 is 0 Å². The van der Waals surface area contributed by atoms with Crippen LogP contribution in [0.5, 0.6) is 0 Å². The number of carbonyl (C=O) groups excluding carboxylic acids is 2. The van der Waals surface area contributed by atoms with E-state index in [0.29, 0.717) is 19.0 Å². The molecule has 0 saturated carbocycles. The van der Waals surface area contributed by atoms with Crippen LogP contribution in [-0.2, 0) is 14.3 Å². The fourth-order valence-corrected chi connectivity index (χ4v) is 3.10. The molecule has 6 heteroatoms. The van der Waals surface area contributed by atoms with Crippen molar-refractivity contribution in [3.8, 4) is 0 Å². The largest absolute Gasteiger partial charge is 0.375 e. The number of nitrogens with one attached hydrogen (secondary N) is 2. The molecule has 0 aliphatic carbocycles. The van der Waals surface area contributed by atoms with Crippen molar-refractivity contribution in [3.63, 3.8) is 0 Å². The van der Waals surface area contributed by atoms with Crippen molar-refractivity contribution in [2.24, 2.45) is 5.92 Å². The highest BCUT2D eigenvalue weighted by molar-refractivity contribution is 5.82. The van der Waals surface area contributed by atoms with Crippen LogP contribution in [0.2, 0.25) is 0 Å². The molecule has 0 bridgehead atoms. The van der Waals surface area contributed by atoms with E-state index in [0.717, 1.165) is 32.2 Å². The van der Waals surface area contributed by atoms with E-state index in [2.05, 4.69) is 17.6 Å². The van der Waals surface area contributed by atoms with Crippen molar-refractivity contribution in [2.75, 3.05) is 33.4 Å². The maximum atomic E-state index is 12.3. The Hall–Kier alpha value is -1.14. The summed E-state index contributed by atoms with van der Waals surface area (Å²) in [6.45, 7) is 4.65. The number of likely N-dealkylation sites (tertiary alicyclic amines) is 1. The van der Waals surface area contributed by atoms with Gasteiger partial charge >= 0.3 is 0 Å². The molecule has 0 aromatic carbocycles. The summed E-state index contributed by atoms with van der Waals surface area (Å²) >= 11 is 0. The number of nitrogens with zero attached hydrogens (tertiary/aromatic N) is 1. The highest BCUT2D eigenvalue weighted by Crippen LogP contribution is 2.16. The lowest BCUT2D eigenvalue weighted by atomic mass is 9.93. The summed E-state index contributed by atoms with van der Waals surface area (Å²) in [6.07, 6.45) is 3.70.